The minimum absolute atomic E-state index is 0.00905. The summed E-state index contributed by atoms with van der Waals surface area (Å²) in [6.07, 6.45) is -2.03. The molecule has 5 atom stereocenters. The number of amides is 2. The summed E-state index contributed by atoms with van der Waals surface area (Å²) in [5, 5.41) is 12.4. The molecule has 0 heterocycles. The summed E-state index contributed by atoms with van der Waals surface area (Å²) < 4.78 is 27.1. The van der Waals surface area contributed by atoms with E-state index >= 15 is 0 Å². The highest BCUT2D eigenvalue weighted by molar-refractivity contribution is 5.83. The van der Waals surface area contributed by atoms with Crippen molar-refractivity contribution >= 4 is 18.0 Å². The Morgan fingerprint density at radius 2 is 1.65 bits per heavy atom. The highest BCUT2D eigenvalue weighted by atomic mass is 17.0. The number of nitrogens with two attached hydrogens (primary N) is 2. The van der Waals surface area contributed by atoms with Crippen LogP contribution in [0.1, 0.15) is 73.3 Å². The normalized spacial score (nSPS) is 14.8. The Morgan fingerprint density at radius 3 is 2.19 bits per heavy atom. The van der Waals surface area contributed by atoms with E-state index in [-0.39, 0.29) is 36.6 Å². The molecular formula is C33H56N4O11. The van der Waals surface area contributed by atoms with Gasteiger partial charge in [0.25, 0.3) is 5.09 Å². The maximum absolute atomic E-state index is 13.4. The van der Waals surface area contributed by atoms with E-state index in [4.69, 9.17) is 35.2 Å². The van der Waals surface area contributed by atoms with Crippen LogP contribution in [-0.2, 0) is 35.1 Å². The molecule has 274 valence electrons. The van der Waals surface area contributed by atoms with Gasteiger partial charge in [-0.05, 0) is 75.5 Å². The van der Waals surface area contributed by atoms with Crippen LogP contribution in [0.4, 0.5) is 4.79 Å². The van der Waals surface area contributed by atoms with Gasteiger partial charge in [-0.2, -0.15) is 0 Å². The van der Waals surface area contributed by atoms with E-state index in [1.807, 2.05) is 32.0 Å². The summed E-state index contributed by atoms with van der Waals surface area (Å²) in [5.41, 5.74) is 12.2. The van der Waals surface area contributed by atoms with Crippen molar-refractivity contribution in [2.45, 2.75) is 92.6 Å². The molecule has 0 fully saturated rings. The Kier molecular flexibility index (Phi) is 18.0. The Balaban J connectivity index is 3.27. The SMILES string of the molecule is COCCCOc1cc(CC(CC(N)C(CC(C(=O)NCC(C)(C)C(N)=O)C(C)C)OC(=O)OC(C)O[N+](=O)[O-])C(C)C)ccc1OC. The minimum atomic E-state index is -1.53. The molecule has 15 heteroatoms. The van der Waals surface area contributed by atoms with Gasteiger partial charge in [0.05, 0.1) is 19.1 Å². The number of ether oxygens (including phenoxy) is 5. The molecule has 0 saturated carbocycles. The van der Waals surface area contributed by atoms with Crippen LogP contribution >= 0.6 is 0 Å². The number of benzene rings is 1. The molecule has 48 heavy (non-hydrogen) atoms. The monoisotopic (exact) mass is 684 g/mol. The second-order valence-electron chi connectivity index (χ2n) is 13.3. The molecule has 0 aromatic heterocycles. The van der Waals surface area contributed by atoms with Gasteiger partial charge in [0.1, 0.15) is 6.10 Å². The quantitative estimate of drug-likeness (QED) is 0.0490. The van der Waals surface area contributed by atoms with Crippen molar-refractivity contribution in [3.63, 3.8) is 0 Å². The van der Waals surface area contributed by atoms with Gasteiger partial charge < -0.3 is 40.5 Å². The Labute approximate surface area is 283 Å². The summed E-state index contributed by atoms with van der Waals surface area (Å²) >= 11 is 0. The first kappa shape index (κ1) is 42.2. The zero-order chi connectivity index (χ0) is 36.6. The second kappa shape index (κ2) is 20.5. The number of carbonyl (C=O) groups excluding carboxylic acids is 3. The summed E-state index contributed by atoms with van der Waals surface area (Å²) in [4.78, 5) is 52.9. The number of hydrogen-bond acceptors (Lipinski definition) is 12. The van der Waals surface area contributed by atoms with Gasteiger partial charge in [-0.15, -0.1) is 10.1 Å². The van der Waals surface area contributed by atoms with Gasteiger partial charge in [-0.3, -0.25) is 14.4 Å². The highest BCUT2D eigenvalue weighted by Gasteiger charge is 2.35. The standard InChI is InChI=1S/C33H56N4O11/c1-20(2)24(15-23-11-12-27(44-9)29(16-23)45-14-10-13-43-8)17-26(34)28(47-32(40)46-22(5)48-37(41)42)18-25(21(3)4)30(38)36-19-33(6,7)31(35)39/h11-12,16,20-22,24-26,28H,10,13-15,17-19,34H2,1-9H3,(H2,35,39)(H,36,38). The first-order chi connectivity index (χ1) is 22.4. The van der Waals surface area contributed by atoms with Crippen molar-refractivity contribution in [1.29, 1.82) is 0 Å². The number of methoxy groups -OCH3 is 2. The third kappa shape index (κ3) is 14.9. The van der Waals surface area contributed by atoms with E-state index in [9.17, 15) is 24.5 Å². The number of nitrogens with zero attached hydrogens (tertiary/aromatic N) is 1. The van der Waals surface area contributed by atoms with Crippen LogP contribution in [0.15, 0.2) is 18.2 Å². The van der Waals surface area contributed by atoms with Gasteiger partial charge in [-0.1, -0.05) is 33.8 Å². The number of hydrogen-bond donors (Lipinski definition) is 3. The fourth-order valence-electron chi connectivity index (χ4n) is 4.94. The highest BCUT2D eigenvalue weighted by Crippen LogP contribution is 2.32. The predicted molar refractivity (Wildman–Crippen MR) is 177 cm³/mol. The van der Waals surface area contributed by atoms with E-state index in [0.29, 0.717) is 44.0 Å². The first-order valence-corrected chi connectivity index (χ1v) is 16.2. The van der Waals surface area contributed by atoms with Crippen LogP contribution in [-0.4, -0.2) is 75.5 Å². The van der Waals surface area contributed by atoms with E-state index in [1.54, 1.807) is 28.1 Å². The predicted octanol–water partition coefficient (Wildman–Crippen LogP) is 4.01. The lowest BCUT2D eigenvalue weighted by molar-refractivity contribution is -0.777. The summed E-state index contributed by atoms with van der Waals surface area (Å²) in [5.74, 6) is -0.441. The summed E-state index contributed by atoms with van der Waals surface area (Å²) in [6, 6.07) is 4.98. The largest absolute Gasteiger partial charge is 0.510 e. The molecule has 1 aromatic rings. The number of primary amides is 1. The molecule has 0 aliphatic carbocycles. The fourth-order valence-corrected chi connectivity index (χ4v) is 4.94. The van der Waals surface area contributed by atoms with Gasteiger partial charge in [0, 0.05) is 38.6 Å². The molecule has 0 radical (unpaired) electrons. The topological polar surface area (TPSA) is 214 Å². The van der Waals surface area contributed by atoms with Crippen molar-refractivity contribution < 1.29 is 48.0 Å². The number of rotatable bonds is 23. The van der Waals surface area contributed by atoms with Crippen LogP contribution in [0.25, 0.3) is 0 Å². The summed E-state index contributed by atoms with van der Waals surface area (Å²) in [7, 11) is 3.21. The van der Waals surface area contributed by atoms with Crippen molar-refractivity contribution in [2.24, 2.45) is 40.6 Å². The van der Waals surface area contributed by atoms with E-state index < -0.39 is 46.9 Å². The zero-order valence-corrected chi connectivity index (χ0v) is 29.8. The molecule has 0 aliphatic heterocycles. The molecule has 5 N–H and O–H groups in total. The van der Waals surface area contributed by atoms with E-state index in [0.717, 1.165) is 5.56 Å². The average Bonchev–Trinajstić information content (AvgIpc) is 2.99. The summed E-state index contributed by atoms with van der Waals surface area (Å²) in [6.45, 7) is 13.3. The molecule has 2 amide bonds. The van der Waals surface area contributed by atoms with Crippen LogP contribution in [0.3, 0.4) is 0 Å². The third-order valence-electron chi connectivity index (χ3n) is 8.22. The van der Waals surface area contributed by atoms with Crippen molar-refractivity contribution in [3.05, 3.63) is 33.9 Å². The van der Waals surface area contributed by atoms with Crippen LogP contribution in [0.5, 0.6) is 11.5 Å². The smallest absolute Gasteiger partial charge is 0.493 e. The maximum Gasteiger partial charge on any atom is 0.510 e. The molecule has 0 aliphatic rings. The zero-order valence-electron chi connectivity index (χ0n) is 29.8. The van der Waals surface area contributed by atoms with E-state index in [2.05, 4.69) is 24.0 Å². The van der Waals surface area contributed by atoms with Crippen molar-refractivity contribution in [1.82, 2.24) is 5.32 Å². The molecule has 0 saturated heterocycles. The fraction of sp³-hybridized carbons (Fsp3) is 0.727. The second-order valence-corrected chi connectivity index (χ2v) is 13.3. The van der Waals surface area contributed by atoms with Gasteiger partial charge in [0.15, 0.2) is 11.5 Å². The van der Waals surface area contributed by atoms with Crippen LogP contribution in [0, 0.1) is 39.2 Å². The first-order valence-electron chi connectivity index (χ1n) is 16.2. The van der Waals surface area contributed by atoms with Crippen LogP contribution < -0.4 is 26.3 Å². The van der Waals surface area contributed by atoms with Crippen molar-refractivity contribution in [2.75, 3.05) is 34.0 Å². The van der Waals surface area contributed by atoms with E-state index in [1.165, 1.54) is 6.92 Å². The van der Waals surface area contributed by atoms with Gasteiger partial charge in [-0.25, -0.2) is 4.79 Å². The average molecular weight is 685 g/mol. The molecular weight excluding hydrogens is 628 g/mol. The van der Waals surface area contributed by atoms with Crippen LogP contribution in [0.2, 0.25) is 0 Å². The minimum Gasteiger partial charge on any atom is -0.493 e. The molecule has 0 spiro atoms. The van der Waals surface area contributed by atoms with Crippen molar-refractivity contribution in [3.8, 4) is 11.5 Å². The lowest BCUT2D eigenvalue weighted by Crippen LogP contribution is -2.47. The lowest BCUT2D eigenvalue weighted by atomic mass is 9.80. The molecule has 5 unspecified atom stereocenters. The molecule has 1 aromatic carbocycles. The lowest BCUT2D eigenvalue weighted by Gasteiger charge is -2.32. The molecule has 15 nitrogen and oxygen atoms in total. The van der Waals surface area contributed by atoms with Gasteiger partial charge in [0.2, 0.25) is 18.1 Å². The Hall–Kier alpha value is -3.85. The molecule has 1 rings (SSSR count). The Bertz CT molecular complexity index is 1180. The maximum atomic E-state index is 13.4. The third-order valence-corrected chi connectivity index (χ3v) is 8.22. The van der Waals surface area contributed by atoms with Gasteiger partial charge >= 0.3 is 6.16 Å². The number of nitrogens with one attached hydrogen (secondary N) is 1. The molecule has 0 bridgehead atoms. The number of carbonyl (C=O) groups is 3. The Morgan fingerprint density at radius 1 is 0.979 bits per heavy atom.